The maximum absolute atomic E-state index is 12.4. The summed E-state index contributed by atoms with van der Waals surface area (Å²) in [4.78, 5) is 15.7. The number of benzene rings is 1. The normalized spacial score (nSPS) is 18.1. The molecule has 1 aliphatic carbocycles. The van der Waals surface area contributed by atoms with E-state index in [0.717, 1.165) is 48.0 Å². The Kier molecular flexibility index (Phi) is 3.26. The molecule has 0 atom stereocenters. The first-order chi connectivity index (χ1) is 9.57. The zero-order valence-electron chi connectivity index (χ0n) is 11.8. The molecule has 1 heterocycles. The van der Waals surface area contributed by atoms with Crippen molar-refractivity contribution in [1.82, 2.24) is 4.98 Å². The van der Waals surface area contributed by atoms with E-state index in [1.165, 1.54) is 6.42 Å². The van der Waals surface area contributed by atoms with Gasteiger partial charge in [0.15, 0.2) is 0 Å². The van der Waals surface area contributed by atoms with Gasteiger partial charge in [0.05, 0.1) is 5.54 Å². The highest BCUT2D eigenvalue weighted by atomic mass is 16.2. The average molecular weight is 271 g/mol. The Bertz CT molecular complexity index is 638. The molecular weight excluding hydrogens is 250 g/mol. The van der Waals surface area contributed by atoms with Gasteiger partial charge in [-0.15, -0.1) is 0 Å². The minimum absolute atomic E-state index is 0.0520. The van der Waals surface area contributed by atoms with E-state index in [2.05, 4.69) is 16.4 Å². The predicted octanol–water partition coefficient (Wildman–Crippen LogP) is 3.08. The fraction of sp³-hybridized carbons (Fsp3) is 0.438. The van der Waals surface area contributed by atoms with Crippen molar-refractivity contribution in [2.75, 3.05) is 5.32 Å². The second-order valence-corrected chi connectivity index (χ2v) is 5.93. The fourth-order valence-corrected chi connectivity index (χ4v) is 3.02. The number of hydrogen-bond donors (Lipinski definition) is 3. The second kappa shape index (κ2) is 4.94. The van der Waals surface area contributed by atoms with E-state index >= 15 is 0 Å². The summed E-state index contributed by atoms with van der Waals surface area (Å²) in [6.45, 7) is 2.02. The maximum atomic E-state index is 12.4. The molecule has 20 heavy (non-hydrogen) atoms. The molecule has 0 unspecified atom stereocenters. The number of carbonyl (C=O) groups excluding carboxylic acids is 1. The Labute approximate surface area is 118 Å². The monoisotopic (exact) mass is 271 g/mol. The first-order valence-corrected chi connectivity index (χ1v) is 7.27. The van der Waals surface area contributed by atoms with E-state index in [4.69, 9.17) is 5.73 Å². The Morgan fingerprint density at radius 2 is 2.00 bits per heavy atom. The van der Waals surface area contributed by atoms with E-state index in [1.54, 1.807) is 0 Å². The van der Waals surface area contributed by atoms with Crippen molar-refractivity contribution in [1.29, 1.82) is 0 Å². The molecule has 0 aliphatic heterocycles. The van der Waals surface area contributed by atoms with Gasteiger partial charge < -0.3 is 16.0 Å². The van der Waals surface area contributed by atoms with Crippen molar-refractivity contribution in [3.63, 3.8) is 0 Å². The molecule has 4 heteroatoms. The molecule has 3 rings (SSSR count). The van der Waals surface area contributed by atoms with E-state index in [0.29, 0.717) is 0 Å². The molecule has 1 aromatic carbocycles. The number of hydrogen-bond acceptors (Lipinski definition) is 2. The van der Waals surface area contributed by atoms with Gasteiger partial charge in [-0.1, -0.05) is 19.3 Å². The molecule has 4 nitrogen and oxygen atoms in total. The van der Waals surface area contributed by atoms with Gasteiger partial charge in [-0.25, -0.2) is 0 Å². The lowest BCUT2D eigenvalue weighted by Crippen LogP contribution is -2.52. The van der Waals surface area contributed by atoms with E-state index in [-0.39, 0.29) is 5.91 Å². The van der Waals surface area contributed by atoms with E-state index < -0.39 is 5.54 Å². The van der Waals surface area contributed by atoms with Crippen LogP contribution in [0.5, 0.6) is 0 Å². The summed E-state index contributed by atoms with van der Waals surface area (Å²) < 4.78 is 0. The van der Waals surface area contributed by atoms with Crippen LogP contribution in [0.1, 0.15) is 37.8 Å². The molecule has 1 amide bonds. The second-order valence-electron chi connectivity index (χ2n) is 5.93. The summed E-state index contributed by atoms with van der Waals surface area (Å²) in [7, 11) is 0. The Balaban J connectivity index is 1.79. The van der Waals surface area contributed by atoms with Crippen LogP contribution in [0.25, 0.3) is 10.9 Å². The molecular formula is C16H21N3O. The maximum Gasteiger partial charge on any atom is 0.244 e. The highest BCUT2D eigenvalue weighted by Crippen LogP contribution is 2.28. The summed E-state index contributed by atoms with van der Waals surface area (Å²) in [6.07, 6.45) is 4.83. The number of amides is 1. The number of aryl methyl sites for hydroxylation is 1. The topological polar surface area (TPSA) is 70.9 Å². The quantitative estimate of drug-likeness (QED) is 0.785. The van der Waals surface area contributed by atoms with Gasteiger partial charge >= 0.3 is 0 Å². The number of rotatable bonds is 2. The summed E-state index contributed by atoms with van der Waals surface area (Å²) in [5, 5.41) is 4.08. The molecule has 0 radical (unpaired) electrons. The standard InChI is InChI=1S/C16H21N3O/c1-11-9-12-10-13(5-6-14(12)18-11)19-15(20)16(17)7-3-2-4-8-16/h5-6,9-10,18H,2-4,7-8,17H2,1H3,(H,19,20). The van der Waals surface area contributed by atoms with Gasteiger partial charge in [-0.05, 0) is 44.0 Å². The molecule has 0 spiro atoms. The SMILES string of the molecule is Cc1cc2cc(NC(=O)C3(N)CCCCC3)ccc2[nH]1. The third-order valence-electron chi connectivity index (χ3n) is 4.21. The van der Waals surface area contributed by atoms with Crippen LogP contribution in [0.15, 0.2) is 24.3 Å². The third-order valence-corrected chi connectivity index (χ3v) is 4.21. The Hall–Kier alpha value is -1.81. The van der Waals surface area contributed by atoms with Crippen LogP contribution in [-0.4, -0.2) is 16.4 Å². The van der Waals surface area contributed by atoms with Crippen molar-refractivity contribution >= 4 is 22.5 Å². The molecule has 1 aromatic heterocycles. The predicted molar refractivity (Wildman–Crippen MR) is 81.7 cm³/mol. The molecule has 1 saturated carbocycles. The number of carbonyl (C=O) groups is 1. The highest BCUT2D eigenvalue weighted by molar-refractivity contribution is 5.99. The largest absolute Gasteiger partial charge is 0.359 e. The van der Waals surface area contributed by atoms with Crippen LogP contribution in [0.3, 0.4) is 0 Å². The third kappa shape index (κ3) is 2.43. The van der Waals surface area contributed by atoms with Crippen LogP contribution in [0, 0.1) is 6.92 Å². The lowest BCUT2D eigenvalue weighted by molar-refractivity contribution is -0.122. The number of aromatic amines is 1. The van der Waals surface area contributed by atoms with Crippen molar-refractivity contribution in [2.24, 2.45) is 5.73 Å². The number of fused-ring (bicyclic) bond motifs is 1. The number of nitrogens with two attached hydrogens (primary N) is 1. The average Bonchev–Trinajstić information content (AvgIpc) is 2.79. The molecule has 4 N–H and O–H groups in total. The summed E-state index contributed by atoms with van der Waals surface area (Å²) in [5.41, 5.74) is 8.57. The highest BCUT2D eigenvalue weighted by Gasteiger charge is 2.35. The van der Waals surface area contributed by atoms with E-state index in [9.17, 15) is 4.79 Å². The lowest BCUT2D eigenvalue weighted by atomic mass is 9.82. The first-order valence-electron chi connectivity index (χ1n) is 7.27. The Morgan fingerprint density at radius 3 is 2.75 bits per heavy atom. The van der Waals surface area contributed by atoms with Gasteiger partial charge in [-0.2, -0.15) is 0 Å². The van der Waals surface area contributed by atoms with Crippen molar-refractivity contribution < 1.29 is 4.79 Å². The van der Waals surface area contributed by atoms with E-state index in [1.807, 2.05) is 25.1 Å². The number of aromatic nitrogens is 1. The van der Waals surface area contributed by atoms with Crippen molar-refractivity contribution in [2.45, 2.75) is 44.6 Å². The van der Waals surface area contributed by atoms with Crippen LogP contribution in [0.2, 0.25) is 0 Å². The minimum atomic E-state index is -0.693. The zero-order valence-corrected chi connectivity index (χ0v) is 11.8. The molecule has 0 bridgehead atoms. The summed E-state index contributed by atoms with van der Waals surface area (Å²) >= 11 is 0. The van der Waals surface area contributed by atoms with Crippen LogP contribution in [-0.2, 0) is 4.79 Å². The number of anilines is 1. The van der Waals surface area contributed by atoms with Gasteiger partial charge in [-0.3, -0.25) is 4.79 Å². The Morgan fingerprint density at radius 1 is 1.25 bits per heavy atom. The molecule has 2 aromatic rings. The molecule has 1 fully saturated rings. The first kappa shape index (κ1) is 13.2. The summed E-state index contributed by atoms with van der Waals surface area (Å²) in [6, 6.07) is 7.97. The fourth-order valence-electron chi connectivity index (χ4n) is 3.02. The molecule has 1 aliphatic rings. The van der Waals surface area contributed by atoms with Gasteiger partial charge in [0, 0.05) is 22.3 Å². The minimum Gasteiger partial charge on any atom is -0.359 e. The smallest absolute Gasteiger partial charge is 0.244 e. The van der Waals surface area contributed by atoms with Crippen LogP contribution >= 0.6 is 0 Å². The van der Waals surface area contributed by atoms with Crippen molar-refractivity contribution in [3.8, 4) is 0 Å². The van der Waals surface area contributed by atoms with Crippen LogP contribution < -0.4 is 11.1 Å². The lowest BCUT2D eigenvalue weighted by Gasteiger charge is -2.31. The van der Waals surface area contributed by atoms with Gasteiger partial charge in [0.1, 0.15) is 0 Å². The molecule has 106 valence electrons. The zero-order chi connectivity index (χ0) is 14.2. The van der Waals surface area contributed by atoms with Crippen molar-refractivity contribution in [3.05, 3.63) is 30.0 Å². The molecule has 0 saturated heterocycles. The van der Waals surface area contributed by atoms with Gasteiger partial charge in [0.2, 0.25) is 5.91 Å². The van der Waals surface area contributed by atoms with Crippen LogP contribution in [0.4, 0.5) is 5.69 Å². The number of H-pyrrole nitrogens is 1. The number of nitrogens with one attached hydrogen (secondary N) is 2. The summed E-state index contributed by atoms with van der Waals surface area (Å²) in [5.74, 6) is -0.0520. The van der Waals surface area contributed by atoms with Gasteiger partial charge in [0.25, 0.3) is 0 Å².